The van der Waals surface area contributed by atoms with Crippen molar-refractivity contribution >= 4 is 16.9 Å². The number of nitrogens with zero attached hydrogens (tertiary/aromatic N) is 1. The van der Waals surface area contributed by atoms with Crippen LogP contribution in [-0.4, -0.2) is 51.2 Å². The van der Waals surface area contributed by atoms with Crippen molar-refractivity contribution in [2.75, 3.05) is 34.3 Å². The summed E-state index contributed by atoms with van der Waals surface area (Å²) in [6.07, 6.45) is 0.189. The van der Waals surface area contributed by atoms with Crippen LogP contribution in [-0.2, 0) is 4.79 Å². The molecule has 1 heterocycles. The molecule has 0 bridgehead atoms. The van der Waals surface area contributed by atoms with Crippen LogP contribution in [0.4, 0.5) is 0 Å². The van der Waals surface area contributed by atoms with Gasteiger partial charge >= 0.3 is 5.63 Å². The minimum absolute atomic E-state index is 0.188. The highest BCUT2D eigenvalue weighted by Crippen LogP contribution is 2.31. The Morgan fingerprint density at radius 1 is 1.10 bits per heavy atom. The van der Waals surface area contributed by atoms with E-state index in [1.807, 2.05) is 44.4 Å². The molecule has 0 aliphatic carbocycles. The summed E-state index contributed by atoms with van der Waals surface area (Å²) in [5, 5.41) is 3.65. The minimum atomic E-state index is -0.673. The van der Waals surface area contributed by atoms with Crippen molar-refractivity contribution in [1.29, 1.82) is 0 Å². The van der Waals surface area contributed by atoms with Crippen LogP contribution in [0.1, 0.15) is 13.3 Å². The van der Waals surface area contributed by atoms with Crippen molar-refractivity contribution in [3.63, 3.8) is 0 Å². The van der Waals surface area contributed by atoms with E-state index in [1.54, 1.807) is 26.2 Å². The van der Waals surface area contributed by atoms with Crippen molar-refractivity contribution in [3.05, 3.63) is 59.0 Å². The third kappa shape index (κ3) is 5.86. The molecule has 0 saturated heterocycles. The molecule has 0 spiro atoms. The van der Waals surface area contributed by atoms with Gasteiger partial charge in [0.05, 0.1) is 7.11 Å². The number of carbonyl (C=O) groups is 1. The molecule has 7 nitrogen and oxygen atoms in total. The highest BCUT2D eigenvalue weighted by molar-refractivity contribution is 5.94. The highest BCUT2D eigenvalue weighted by atomic mass is 16.5. The molecule has 1 aromatic heterocycles. The van der Waals surface area contributed by atoms with Gasteiger partial charge < -0.3 is 24.1 Å². The number of hydrogen-bond donors (Lipinski definition) is 1. The average Bonchev–Trinajstić information content (AvgIpc) is 2.75. The van der Waals surface area contributed by atoms with Gasteiger partial charge in [-0.15, -0.1) is 0 Å². The van der Waals surface area contributed by atoms with Crippen LogP contribution in [0.15, 0.2) is 57.7 Å². The molecule has 0 aliphatic heterocycles. The van der Waals surface area contributed by atoms with E-state index >= 15 is 0 Å². The average molecular weight is 424 g/mol. The van der Waals surface area contributed by atoms with Crippen LogP contribution in [0.3, 0.4) is 0 Å². The molecule has 0 fully saturated rings. The van der Waals surface area contributed by atoms with E-state index in [0.29, 0.717) is 17.9 Å². The summed E-state index contributed by atoms with van der Waals surface area (Å²) in [7, 11) is 5.59. The molecule has 1 N–H and O–H groups in total. The van der Waals surface area contributed by atoms with Crippen LogP contribution >= 0.6 is 0 Å². The van der Waals surface area contributed by atoms with Gasteiger partial charge in [-0.25, -0.2) is 4.79 Å². The third-order valence-corrected chi connectivity index (χ3v) is 4.88. The highest BCUT2D eigenvalue weighted by Gasteiger charge is 2.15. The quantitative estimate of drug-likeness (QED) is 0.419. The van der Waals surface area contributed by atoms with Gasteiger partial charge in [-0.1, -0.05) is 12.1 Å². The number of methoxy groups -OCH3 is 1. The summed E-state index contributed by atoms with van der Waals surface area (Å²) >= 11 is 0. The van der Waals surface area contributed by atoms with Crippen LogP contribution in [0.5, 0.6) is 11.5 Å². The molecule has 7 heteroatoms. The Bertz CT molecular complexity index is 1090. The van der Waals surface area contributed by atoms with Crippen molar-refractivity contribution in [3.8, 4) is 22.6 Å². The van der Waals surface area contributed by atoms with Crippen LogP contribution in [0, 0.1) is 0 Å². The summed E-state index contributed by atoms with van der Waals surface area (Å²) < 4.78 is 16.4. The van der Waals surface area contributed by atoms with Crippen molar-refractivity contribution < 1.29 is 18.7 Å². The Kier molecular flexibility index (Phi) is 7.31. The number of hydrogen-bond acceptors (Lipinski definition) is 6. The lowest BCUT2D eigenvalue weighted by molar-refractivity contribution is -0.127. The number of fused-ring (bicyclic) bond motifs is 1. The first-order valence-corrected chi connectivity index (χ1v) is 10.2. The van der Waals surface area contributed by atoms with Gasteiger partial charge in [-0.3, -0.25) is 4.79 Å². The first kappa shape index (κ1) is 22.4. The fourth-order valence-corrected chi connectivity index (χ4v) is 3.23. The molecule has 0 saturated carbocycles. The number of rotatable bonds is 9. The van der Waals surface area contributed by atoms with Crippen LogP contribution in [0.25, 0.3) is 22.1 Å². The molecule has 0 radical (unpaired) electrons. The molecule has 1 atom stereocenters. The van der Waals surface area contributed by atoms with Gasteiger partial charge in [0.1, 0.15) is 17.1 Å². The lowest BCUT2D eigenvalue weighted by Gasteiger charge is -2.16. The van der Waals surface area contributed by atoms with Gasteiger partial charge in [-0.2, -0.15) is 0 Å². The molecular formula is C24H28N2O5. The Balaban J connectivity index is 1.76. The standard InChI is InChI=1S/C24H28N2O5/c1-16(24(28)25-12-5-13-26(2)3)30-19-10-11-20-21(15-23(27)31-22(20)14-19)17-6-8-18(29-4)9-7-17/h6-11,14-16H,5,12-13H2,1-4H3,(H,25,28)/t16-/m1/s1. The van der Waals surface area contributed by atoms with E-state index in [2.05, 4.69) is 10.2 Å². The largest absolute Gasteiger partial charge is 0.497 e. The monoisotopic (exact) mass is 424 g/mol. The number of amides is 1. The topological polar surface area (TPSA) is 81.0 Å². The van der Waals surface area contributed by atoms with Crippen molar-refractivity contribution in [1.82, 2.24) is 10.2 Å². The predicted octanol–water partition coefficient (Wildman–Crippen LogP) is 3.30. The molecule has 0 unspecified atom stereocenters. The molecule has 1 amide bonds. The van der Waals surface area contributed by atoms with E-state index in [9.17, 15) is 9.59 Å². The normalized spacial score (nSPS) is 12.0. The minimum Gasteiger partial charge on any atom is -0.497 e. The zero-order valence-electron chi connectivity index (χ0n) is 18.3. The summed E-state index contributed by atoms with van der Waals surface area (Å²) in [6.45, 7) is 3.17. The van der Waals surface area contributed by atoms with Crippen LogP contribution in [0.2, 0.25) is 0 Å². The van der Waals surface area contributed by atoms with Gasteiger partial charge in [0.2, 0.25) is 0 Å². The van der Waals surface area contributed by atoms with Crippen molar-refractivity contribution in [2.45, 2.75) is 19.4 Å². The van der Waals surface area contributed by atoms with E-state index in [1.165, 1.54) is 6.07 Å². The maximum Gasteiger partial charge on any atom is 0.336 e. The Labute approximate surface area is 181 Å². The molecular weight excluding hydrogens is 396 g/mol. The lowest BCUT2D eigenvalue weighted by atomic mass is 10.0. The smallest absolute Gasteiger partial charge is 0.336 e. The Morgan fingerprint density at radius 2 is 1.81 bits per heavy atom. The van der Waals surface area contributed by atoms with Gasteiger partial charge in [0, 0.05) is 24.1 Å². The zero-order valence-corrected chi connectivity index (χ0v) is 18.3. The summed E-state index contributed by atoms with van der Waals surface area (Å²) in [6, 6.07) is 14.2. The fraction of sp³-hybridized carbons (Fsp3) is 0.333. The van der Waals surface area contributed by atoms with Crippen molar-refractivity contribution in [2.24, 2.45) is 0 Å². The van der Waals surface area contributed by atoms with E-state index in [0.717, 1.165) is 35.2 Å². The van der Waals surface area contributed by atoms with E-state index in [-0.39, 0.29) is 5.91 Å². The molecule has 31 heavy (non-hydrogen) atoms. The predicted molar refractivity (Wildman–Crippen MR) is 121 cm³/mol. The Morgan fingerprint density at radius 3 is 2.48 bits per heavy atom. The summed E-state index contributed by atoms with van der Waals surface area (Å²) in [5.74, 6) is 1.01. The summed E-state index contributed by atoms with van der Waals surface area (Å²) in [4.78, 5) is 26.5. The SMILES string of the molecule is COc1ccc(-c2cc(=O)oc3cc(O[C@H](C)C(=O)NCCCN(C)C)ccc23)cc1. The molecule has 2 aromatic carbocycles. The molecule has 164 valence electrons. The maximum absolute atomic E-state index is 12.3. The first-order valence-electron chi connectivity index (χ1n) is 10.2. The fourth-order valence-electron chi connectivity index (χ4n) is 3.23. The first-order chi connectivity index (χ1) is 14.9. The zero-order chi connectivity index (χ0) is 22.4. The van der Waals surface area contributed by atoms with E-state index < -0.39 is 11.7 Å². The molecule has 3 aromatic rings. The van der Waals surface area contributed by atoms with E-state index in [4.69, 9.17) is 13.9 Å². The molecule has 0 aliphatic rings. The Hall–Kier alpha value is -3.32. The van der Waals surface area contributed by atoms with Gasteiger partial charge in [0.15, 0.2) is 6.10 Å². The number of ether oxygens (including phenoxy) is 2. The second kappa shape index (κ2) is 10.1. The number of benzene rings is 2. The maximum atomic E-state index is 12.3. The van der Waals surface area contributed by atoms with Gasteiger partial charge in [-0.05, 0) is 69.4 Å². The number of carbonyl (C=O) groups excluding carboxylic acids is 1. The second-order valence-corrected chi connectivity index (χ2v) is 7.57. The van der Waals surface area contributed by atoms with Crippen LogP contribution < -0.4 is 20.4 Å². The lowest BCUT2D eigenvalue weighted by Crippen LogP contribution is -2.37. The third-order valence-electron chi connectivity index (χ3n) is 4.88. The second-order valence-electron chi connectivity index (χ2n) is 7.57. The summed E-state index contributed by atoms with van der Waals surface area (Å²) in [5.41, 5.74) is 1.57. The number of nitrogens with one attached hydrogen (secondary N) is 1. The van der Waals surface area contributed by atoms with Gasteiger partial charge in [0.25, 0.3) is 5.91 Å². The molecule has 3 rings (SSSR count).